The zero-order valence-corrected chi connectivity index (χ0v) is 12.4. The molecule has 0 fully saturated rings. The number of hydrogen-bond acceptors (Lipinski definition) is 9. The highest BCUT2D eigenvalue weighted by Crippen LogP contribution is 2.22. The fourth-order valence-corrected chi connectivity index (χ4v) is 1.69. The van der Waals surface area contributed by atoms with Crippen LogP contribution in [0, 0.1) is 10.1 Å². The zero-order valence-electron chi connectivity index (χ0n) is 11.5. The monoisotopic (exact) mass is 356 g/mol. The van der Waals surface area contributed by atoms with Gasteiger partial charge in [0.2, 0.25) is 5.82 Å². The summed E-state index contributed by atoms with van der Waals surface area (Å²) in [7, 11) is -3.51. The average molecular weight is 356 g/mol. The van der Waals surface area contributed by atoms with E-state index in [1.165, 1.54) is 12.1 Å². The van der Waals surface area contributed by atoms with Gasteiger partial charge in [0.1, 0.15) is 11.9 Å². The number of benzene rings is 1. The van der Waals surface area contributed by atoms with Crippen molar-refractivity contribution in [1.29, 1.82) is 0 Å². The molecule has 1 aromatic carbocycles. The largest absolute Gasteiger partial charge is 0.440 e. The zero-order chi connectivity index (χ0) is 17.7. The topological polar surface area (TPSA) is 160 Å². The maximum atomic E-state index is 11.9. The molecular weight excluding hydrogens is 348 g/mol. The van der Waals surface area contributed by atoms with Gasteiger partial charge in [-0.3, -0.25) is 15.4 Å². The molecular formula is C11H8N4O8S. The number of carbonyl (C=O) groups is 2. The molecule has 0 atom stereocenters. The maximum Gasteiger partial charge on any atom is 0.440 e. The molecule has 0 aliphatic heterocycles. The van der Waals surface area contributed by atoms with Crippen LogP contribution in [0.1, 0.15) is 0 Å². The van der Waals surface area contributed by atoms with E-state index in [1.54, 1.807) is 23.5 Å². The lowest BCUT2D eigenvalue weighted by Crippen LogP contribution is -2.18. The molecule has 1 heterocycles. The van der Waals surface area contributed by atoms with Gasteiger partial charge in [0, 0.05) is 0 Å². The molecule has 1 aromatic heterocycles. The van der Waals surface area contributed by atoms with E-state index in [2.05, 4.69) is 9.28 Å². The van der Waals surface area contributed by atoms with Crippen molar-refractivity contribution in [2.24, 2.45) is 0 Å². The van der Waals surface area contributed by atoms with Gasteiger partial charge in [0.05, 0.1) is 4.92 Å². The van der Waals surface area contributed by atoms with Crippen LogP contribution in [0.3, 0.4) is 0 Å². The highest BCUT2D eigenvalue weighted by Gasteiger charge is 2.25. The van der Waals surface area contributed by atoms with Crippen LogP contribution in [-0.4, -0.2) is 35.3 Å². The molecule has 2 rings (SSSR count). The minimum Gasteiger partial charge on any atom is -0.409 e. The number of carbonyl (C=O) groups excluding carboxylic acids is 2. The maximum absolute atomic E-state index is 11.9. The van der Waals surface area contributed by atoms with Crippen molar-refractivity contribution in [3.8, 4) is 5.75 Å². The Morgan fingerprint density at radius 2 is 1.92 bits per heavy atom. The molecule has 13 heteroatoms. The lowest BCUT2D eigenvalue weighted by atomic mass is 10.3. The quantitative estimate of drug-likeness (QED) is 0.461. The van der Waals surface area contributed by atoms with Crippen LogP contribution in [-0.2, 0) is 15.2 Å². The molecule has 24 heavy (non-hydrogen) atoms. The fourth-order valence-electron chi connectivity index (χ4n) is 1.50. The minimum atomic E-state index is -3.51. The van der Waals surface area contributed by atoms with Gasteiger partial charge in [-0.05, 0) is 12.1 Å². The molecule has 1 amide bonds. The van der Waals surface area contributed by atoms with Crippen LogP contribution in [0.15, 0.2) is 36.5 Å². The number of rotatable bonds is 4. The Bertz CT molecular complexity index is 852. The van der Waals surface area contributed by atoms with E-state index in [1.807, 2.05) is 0 Å². The van der Waals surface area contributed by atoms with E-state index < -0.39 is 39.6 Å². The normalized spacial score (nSPS) is 10.2. The molecule has 1 N–H and O–H groups in total. The molecule has 12 nitrogen and oxygen atoms in total. The predicted molar refractivity (Wildman–Crippen MR) is 77.2 cm³/mol. The Morgan fingerprint density at radius 3 is 2.50 bits per heavy atom. The SMILES string of the molecule is O=C(Nc1nn(C(=O)Oc2ccccc2)cc1[N+](=O)[O-])O[SH](=O)=O. The number of nitrogens with zero attached hydrogens (tertiary/aromatic N) is 3. The van der Waals surface area contributed by atoms with E-state index in [0.717, 1.165) is 0 Å². The average Bonchev–Trinajstić information content (AvgIpc) is 2.91. The van der Waals surface area contributed by atoms with Crippen LogP contribution in [0.2, 0.25) is 0 Å². The Morgan fingerprint density at radius 1 is 1.25 bits per heavy atom. The van der Waals surface area contributed by atoms with Crippen LogP contribution in [0.25, 0.3) is 0 Å². The first kappa shape index (κ1) is 16.9. The van der Waals surface area contributed by atoms with E-state index in [9.17, 15) is 28.1 Å². The summed E-state index contributed by atoms with van der Waals surface area (Å²) in [6.45, 7) is 0. The van der Waals surface area contributed by atoms with Crippen molar-refractivity contribution < 1.29 is 31.9 Å². The van der Waals surface area contributed by atoms with Crippen LogP contribution in [0.5, 0.6) is 5.75 Å². The van der Waals surface area contributed by atoms with E-state index >= 15 is 0 Å². The van der Waals surface area contributed by atoms with E-state index in [4.69, 9.17) is 4.74 Å². The molecule has 2 aromatic rings. The number of nitro groups is 1. The van der Waals surface area contributed by atoms with Crippen molar-refractivity contribution in [2.75, 3.05) is 5.32 Å². The number of hydrogen-bond donors (Lipinski definition) is 2. The molecule has 0 radical (unpaired) electrons. The second-order valence-electron chi connectivity index (χ2n) is 3.97. The summed E-state index contributed by atoms with van der Waals surface area (Å²) in [5.41, 5.74) is -0.766. The first-order valence-corrected chi connectivity index (χ1v) is 7.11. The first-order chi connectivity index (χ1) is 11.4. The van der Waals surface area contributed by atoms with Crippen molar-refractivity contribution in [3.63, 3.8) is 0 Å². The molecule has 126 valence electrons. The van der Waals surface area contributed by atoms with Crippen LogP contribution >= 0.6 is 0 Å². The summed E-state index contributed by atoms with van der Waals surface area (Å²) < 4.78 is 29.7. The number of amides is 1. The van der Waals surface area contributed by atoms with Gasteiger partial charge in [0.25, 0.3) is 0 Å². The third-order valence-corrected chi connectivity index (χ3v) is 2.72. The van der Waals surface area contributed by atoms with Gasteiger partial charge >= 0.3 is 28.9 Å². The summed E-state index contributed by atoms with van der Waals surface area (Å²) in [5.74, 6) is -0.523. The molecule has 0 aliphatic carbocycles. The third kappa shape index (κ3) is 4.26. The number of para-hydroxylation sites is 1. The number of ether oxygens (including phenoxy) is 1. The lowest BCUT2D eigenvalue weighted by molar-refractivity contribution is -0.384. The summed E-state index contributed by atoms with van der Waals surface area (Å²) >= 11 is 0. The fraction of sp³-hybridized carbons (Fsp3) is 0. The van der Waals surface area contributed by atoms with Crippen molar-refractivity contribution in [3.05, 3.63) is 46.6 Å². The Balaban J connectivity index is 2.22. The molecule has 0 saturated heterocycles. The van der Waals surface area contributed by atoms with Crippen LogP contribution < -0.4 is 10.1 Å². The Hall–Kier alpha value is -3.48. The summed E-state index contributed by atoms with van der Waals surface area (Å²) in [6, 6.07) is 7.82. The second-order valence-corrected chi connectivity index (χ2v) is 4.60. The van der Waals surface area contributed by atoms with E-state index in [0.29, 0.717) is 10.9 Å². The lowest BCUT2D eigenvalue weighted by Gasteiger charge is -2.02. The van der Waals surface area contributed by atoms with Crippen molar-refractivity contribution in [1.82, 2.24) is 9.78 Å². The summed E-state index contributed by atoms with van der Waals surface area (Å²) in [4.78, 5) is 33.0. The Kier molecular flexibility index (Phi) is 5.06. The number of aromatic nitrogens is 2. The summed E-state index contributed by atoms with van der Waals surface area (Å²) in [5, 5.41) is 16.1. The molecule has 0 spiro atoms. The summed E-state index contributed by atoms with van der Waals surface area (Å²) in [6.07, 6.45) is -1.91. The molecule has 0 aliphatic rings. The predicted octanol–water partition coefficient (Wildman–Crippen LogP) is 0.913. The number of anilines is 1. The van der Waals surface area contributed by atoms with Crippen molar-refractivity contribution >= 4 is 34.7 Å². The van der Waals surface area contributed by atoms with Gasteiger partial charge in [-0.25, -0.2) is 9.59 Å². The molecule has 0 bridgehead atoms. The van der Waals surface area contributed by atoms with E-state index in [-0.39, 0.29) is 5.75 Å². The second kappa shape index (κ2) is 7.19. The molecule has 0 unspecified atom stereocenters. The molecule has 0 saturated carbocycles. The Labute approximate surface area is 134 Å². The number of nitrogens with one attached hydrogen (secondary N) is 1. The highest BCUT2D eigenvalue weighted by atomic mass is 32.2. The van der Waals surface area contributed by atoms with Gasteiger partial charge in [-0.15, -0.1) is 5.10 Å². The van der Waals surface area contributed by atoms with Crippen molar-refractivity contribution in [2.45, 2.75) is 0 Å². The minimum absolute atomic E-state index is 0.165. The van der Waals surface area contributed by atoms with Gasteiger partial charge in [0.15, 0.2) is 0 Å². The number of thiol groups is 1. The highest BCUT2D eigenvalue weighted by molar-refractivity contribution is 7.67. The smallest absolute Gasteiger partial charge is 0.409 e. The van der Waals surface area contributed by atoms with Gasteiger partial charge in [-0.2, -0.15) is 13.1 Å². The van der Waals surface area contributed by atoms with Crippen LogP contribution in [0.4, 0.5) is 21.1 Å². The third-order valence-electron chi connectivity index (χ3n) is 2.40. The standard InChI is InChI=1S/C11H8N4O8S/c16-10(23-24(20)21)12-9-8(15(18)19)6-14(13-9)11(17)22-7-4-2-1-3-5-7/h1-6,24H,(H,12,13,16). The van der Waals surface area contributed by atoms with Gasteiger partial charge < -0.3 is 8.92 Å². The first-order valence-electron chi connectivity index (χ1n) is 6.01. The van der Waals surface area contributed by atoms with Gasteiger partial charge in [-0.1, -0.05) is 18.2 Å².